The topological polar surface area (TPSA) is 61.9 Å². The van der Waals surface area contributed by atoms with Gasteiger partial charge in [0.25, 0.3) is 0 Å². The third-order valence-electron chi connectivity index (χ3n) is 6.68. The smallest absolute Gasteiger partial charge is 0.322 e. The molecule has 6 heteroatoms. The van der Waals surface area contributed by atoms with E-state index in [2.05, 4.69) is 38.2 Å². The van der Waals surface area contributed by atoms with Crippen molar-refractivity contribution in [1.29, 1.82) is 0 Å². The number of rotatable bonds is 5. The minimum Gasteiger partial charge on any atom is -0.468 e. The summed E-state index contributed by atoms with van der Waals surface area (Å²) >= 11 is 0. The third kappa shape index (κ3) is 3.62. The summed E-state index contributed by atoms with van der Waals surface area (Å²) in [5.41, 5.74) is 0.894. The Hall–Kier alpha value is -2.08. The molecule has 154 valence electrons. The van der Waals surface area contributed by atoms with Crippen molar-refractivity contribution in [2.75, 3.05) is 39.6 Å². The highest BCUT2D eigenvalue weighted by Crippen LogP contribution is 2.45. The van der Waals surface area contributed by atoms with E-state index in [1.807, 2.05) is 29.2 Å². The van der Waals surface area contributed by atoms with Crippen LogP contribution in [0.25, 0.3) is 0 Å². The van der Waals surface area contributed by atoms with Crippen LogP contribution in [0.2, 0.25) is 0 Å². The second-order valence-corrected chi connectivity index (χ2v) is 8.99. The van der Waals surface area contributed by atoms with Gasteiger partial charge in [0.2, 0.25) is 0 Å². The zero-order chi connectivity index (χ0) is 20.5. The van der Waals surface area contributed by atoms with Gasteiger partial charge in [0, 0.05) is 24.3 Å². The molecule has 2 fully saturated rings. The number of hydrogen-bond acceptors (Lipinski definition) is 4. The Morgan fingerprint density at radius 1 is 1.29 bits per heavy atom. The first-order valence-electron chi connectivity index (χ1n) is 10.1. The second kappa shape index (κ2) is 7.74. The fourth-order valence-electron chi connectivity index (χ4n) is 4.69. The Bertz CT molecular complexity index is 740. The average molecular weight is 388 g/mol. The first kappa shape index (κ1) is 20.6. The molecular weight excluding hydrogens is 354 g/mol. The molecule has 0 aromatic heterocycles. The van der Waals surface area contributed by atoms with Gasteiger partial charge in [-0.25, -0.2) is 4.79 Å². The number of ether oxygens (including phenoxy) is 1. The van der Waals surface area contributed by atoms with Crippen LogP contribution in [0.15, 0.2) is 24.3 Å². The number of urea groups is 1. The molecule has 6 nitrogen and oxygen atoms in total. The molecule has 2 amide bonds. The highest BCUT2D eigenvalue weighted by Gasteiger charge is 2.47. The molecule has 1 unspecified atom stereocenters. The van der Waals surface area contributed by atoms with Crippen LogP contribution in [-0.2, 0) is 14.9 Å². The molecule has 1 atom stereocenters. The Kier molecular flexibility index (Phi) is 5.71. The molecule has 1 heterocycles. The quantitative estimate of drug-likeness (QED) is 0.786. The van der Waals surface area contributed by atoms with Crippen LogP contribution >= 0.6 is 0 Å². The van der Waals surface area contributed by atoms with Crippen molar-refractivity contribution < 1.29 is 14.3 Å². The number of carbonyl (C=O) groups is 2. The van der Waals surface area contributed by atoms with Crippen molar-refractivity contribution in [2.45, 2.75) is 50.5 Å². The van der Waals surface area contributed by atoms with E-state index in [4.69, 9.17) is 4.74 Å². The molecule has 1 saturated carbocycles. The maximum atomic E-state index is 13.0. The zero-order valence-electron chi connectivity index (χ0n) is 17.7. The van der Waals surface area contributed by atoms with E-state index >= 15 is 0 Å². The van der Waals surface area contributed by atoms with Crippen molar-refractivity contribution >= 4 is 17.7 Å². The Balaban J connectivity index is 1.74. The summed E-state index contributed by atoms with van der Waals surface area (Å²) in [5, 5.41) is 3.05. The molecule has 3 rings (SSSR count). The van der Waals surface area contributed by atoms with Crippen LogP contribution in [-0.4, -0.2) is 61.6 Å². The first-order chi connectivity index (χ1) is 13.2. The van der Waals surface area contributed by atoms with E-state index < -0.39 is 5.41 Å². The molecule has 1 aliphatic carbocycles. The summed E-state index contributed by atoms with van der Waals surface area (Å²) in [4.78, 5) is 29.5. The van der Waals surface area contributed by atoms with Crippen molar-refractivity contribution in [3.63, 3.8) is 0 Å². The van der Waals surface area contributed by atoms with Crippen LogP contribution in [0.3, 0.4) is 0 Å². The van der Waals surface area contributed by atoms with Gasteiger partial charge in [0.15, 0.2) is 0 Å². The fourth-order valence-corrected chi connectivity index (χ4v) is 4.69. The summed E-state index contributed by atoms with van der Waals surface area (Å²) in [7, 11) is 5.58. The van der Waals surface area contributed by atoms with Gasteiger partial charge in [0.05, 0.1) is 12.5 Å². The predicted molar refractivity (Wildman–Crippen MR) is 110 cm³/mol. The average Bonchev–Trinajstić information content (AvgIpc) is 2.88. The number of nitrogens with zero attached hydrogens (tertiary/aromatic N) is 2. The second-order valence-electron chi connectivity index (χ2n) is 8.99. The van der Waals surface area contributed by atoms with Gasteiger partial charge in [-0.1, -0.05) is 18.6 Å². The largest absolute Gasteiger partial charge is 0.468 e. The van der Waals surface area contributed by atoms with Crippen LogP contribution in [0, 0.1) is 5.92 Å². The lowest BCUT2D eigenvalue weighted by Crippen LogP contribution is -2.49. The Morgan fingerprint density at radius 2 is 2.00 bits per heavy atom. The Morgan fingerprint density at radius 3 is 2.57 bits per heavy atom. The number of nitrogens with one attached hydrogen (secondary N) is 1. The molecule has 0 spiro atoms. The molecular formula is C22H33N3O3. The lowest BCUT2D eigenvalue weighted by atomic mass is 9.64. The lowest BCUT2D eigenvalue weighted by molar-refractivity contribution is -0.151. The minimum atomic E-state index is -0.556. The van der Waals surface area contributed by atoms with Gasteiger partial charge >= 0.3 is 12.0 Å². The lowest BCUT2D eigenvalue weighted by Gasteiger charge is -2.39. The number of esters is 1. The van der Waals surface area contributed by atoms with Crippen LogP contribution in [0.4, 0.5) is 10.5 Å². The monoisotopic (exact) mass is 387 g/mol. The summed E-state index contributed by atoms with van der Waals surface area (Å²) < 4.78 is 5.05. The summed E-state index contributed by atoms with van der Waals surface area (Å²) in [6, 6.07) is 7.58. The third-order valence-corrected chi connectivity index (χ3v) is 6.68. The molecule has 1 saturated heterocycles. The molecule has 1 aromatic rings. The van der Waals surface area contributed by atoms with E-state index in [1.54, 1.807) is 0 Å². The molecule has 2 aliphatic rings. The fraction of sp³-hybridized carbons (Fsp3) is 0.636. The number of methoxy groups -OCH3 is 1. The number of hydrogen-bond donors (Lipinski definition) is 1. The highest BCUT2D eigenvalue weighted by atomic mass is 16.5. The van der Waals surface area contributed by atoms with Gasteiger partial charge in [0.1, 0.15) is 0 Å². The van der Waals surface area contributed by atoms with Crippen LogP contribution in [0.1, 0.15) is 45.1 Å². The maximum Gasteiger partial charge on any atom is 0.322 e. The van der Waals surface area contributed by atoms with Gasteiger partial charge in [-0.15, -0.1) is 0 Å². The van der Waals surface area contributed by atoms with Crippen LogP contribution < -0.4 is 5.32 Å². The highest BCUT2D eigenvalue weighted by molar-refractivity contribution is 5.91. The number of benzene rings is 1. The van der Waals surface area contributed by atoms with Crippen LogP contribution in [0.5, 0.6) is 0 Å². The normalized spacial score (nSPS) is 22.6. The van der Waals surface area contributed by atoms with Crippen molar-refractivity contribution in [3.05, 3.63) is 29.8 Å². The van der Waals surface area contributed by atoms with Gasteiger partial charge < -0.3 is 19.9 Å². The molecule has 1 aliphatic heterocycles. The molecule has 28 heavy (non-hydrogen) atoms. The summed E-state index contributed by atoms with van der Waals surface area (Å²) in [6.07, 6.45) is 3.61. The van der Waals surface area contributed by atoms with E-state index in [9.17, 15) is 9.59 Å². The van der Waals surface area contributed by atoms with E-state index in [0.717, 1.165) is 50.0 Å². The number of likely N-dealkylation sites (tertiary alicyclic amines) is 1. The minimum absolute atomic E-state index is 0.0795. The maximum absolute atomic E-state index is 13.0. The van der Waals surface area contributed by atoms with Crippen molar-refractivity contribution in [2.24, 2.45) is 5.92 Å². The predicted octanol–water partition coefficient (Wildman–Crippen LogP) is 3.48. The molecule has 1 aromatic carbocycles. The standard InChI is InChI=1S/C22H33N3O3/c1-21(2)17(15-24(3)4)10-13-25(21)20(27)23-18-9-6-8-16(14-18)22(11-7-12-22)19(26)28-5/h6,8-9,14,17H,7,10-13,15H2,1-5H3,(H,23,27). The van der Waals surface area contributed by atoms with Crippen molar-refractivity contribution in [3.8, 4) is 0 Å². The summed E-state index contributed by atoms with van der Waals surface area (Å²) in [5.74, 6) is 0.256. The van der Waals surface area contributed by atoms with E-state index in [0.29, 0.717) is 5.92 Å². The molecule has 0 radical (unpaired) electrons. The first-order valence-corrected chi connectivity index (χ1v) is 10.1. The molecule has 1 N–H and O–H groups in total. The SMILES string of the molecule is COC(=O)C1(c2cccc(NC(=O)N3CCC(CN(C)C)C3(C)C)c2)CCC1. The van der Waals surface area contributed by atoms with E-state index in [-0.39, 0.29) is 17.5 Å². The number of carbonyl (C=O) groups excluding carboxylic acids is 2. The molecule has 0 bridgehead atoms. The Labute approximate surface area is 168 Å². The van der Waals surface area contributed by atoms with Crippen molar-refractivity contribution in [1.82, 2.24) is 9.80 Å². The summed E-state index contributed by atoms with van der Waals surface area (Å²) in [6.45, 7) is 6.01. The number of anilines is 1. The number of amides is 2. The van der Waals surface area contributed by atoms with Gasteiger partial charge in [-0.2, -0.15) is 0 Å². The van der Waals surface area contributed by atoms with Gasteiger partial charge in [-0.05, 0) is 70.8 Å². The van der Waals surface area contributed by atoms with E-state index in [1.165, 1.54) is 7.11 Å². The van der Waals surface area contributed by atoms with Gasteiger partial charge in [-0.3, -0.25) is 4.79 Å². The zero-order valence-corrected chi connectivity index (χ0v) is 17.7.